The maximum atomic E-state index is 9.28. The molecule has 0 bridgehead atoms. The van der Waals surface area contributed by atoms with Gasteiger partial charge in [0, 0.05) is 18.8 Å². The molecule has 2 heteroatoms. The van der Waals surface area contributed by atoms with Crippen LogP contribution in [0.15, 0.2) is 24.4 Å². The van der Waals surface area contributed by atoms with Gasteiger partial charge in [-0.3, -0.25) is 0 Å². The topological polar surface area (TPSA) is 23.5 Å². The molecule has 1 aliphatic rings. The van der Waals surface area contributed by atoms with Crippen molar-refractivity contribution in [1.29, 1.82) is 0 Å². The standard InChI is InChI=1S/C10H17NO/c1-3-9(4-2)11-7-5-10(12)6-8-11/h3-4,10,12H,1,5-8H2,2H3/b9-4+. The molecule has 1 rings (SSSR count). The molecule has 0 aromatic rings. The summed E-state index contributed by atoms with van der Waals surface area (Å²) in [6.45, 7) is 7.67. The predicted octanol–water partition coefficient (Wildman–Crippen LogP) is 1.53. The highest BCUT2D eigenvalue weighted by Crippen LogP contribution is 2.15. The summed E-state index contributed by atoms with van der Waals surface area (Å²) in [6.07, 6.45) is 5.60. The number of likely N-dealkylation sites (tertiary alicyclic amines) is 1. The number of hydrogen-bond acceptors (Lipinski definition) is 2. The van der Waals surface area contributed by atoms with E-state index in [-0.39, 0.29) is 6.10 Å². The first-order valence-corrected chi connectivity index (χ1v) is 4.49. The Morgan fingerprint density at radius 2 is 2.08 bits per heavy atom. The molecule has 0 radical (unpaired) electrons. The van der Waals surface area contributed by atoms with Crippen molar-refractivity contribution in [3.8, 4) is 0 Å². The molecular weight excluding hydrogens is 150 g/mol. The van der Waals surface area contributed by atoms with Crippen LogP contribution in [0.5, 0.6) is 0 Å². The molecule has 0 aromatic carbocycles. The second-order valence-corrected chi connectivity index (χ2v) is 3.14. The SMILES string of the molecule is C=C/C(=C\C)N1CCC(O)CC1. The number of nitrogens with zero attached hydrogens (tertiary/aromatic N) is 1. The van der Waals surface area contributed by atoms with Gasteiger partial charge in [-0.15, -0.1) is 0 Å². The molecule has 1 N–H and O–H groups in total. The zero-order valence-electron chi connectivity index (χ0n) is 7.66. The van der Waals surface area contributed by atoms with E-state index in [1.165, 1.54) is 5.70 Å². The Morgan fingerprint density at radius 1 is 1.50 bits per heavy atom. The van der Waals surface area contributed by atoms with Crippen molar-refractivity contribution in [3.63, 3.8) is 0 Å². The fourth-order valence-electron chi connectivity index (χ4n) is 1.55. The van der Waals surface area contributed by atoms with Crippen molar-refractivity contribution in [2.45, 2.75) is 25.9 Å². The van der Waals surface area contributed by atoms with Gasteiger partial charge in [0.2, 0.25) is 0 Å². The number of rotatable bonds is 2. The molecule has 2 nitrogen and oxygen atoms in total. The molecular formula is C10H17NO. The smallest absolute Gasteiger partial charge is 0.0574 e. The highest BCUT2D eigenvalue weighted by atomic mass is 16.3. The van der Waals surface area contributed by atoms with E-state index in [2.05, 4.69) is 17.6 Å². The molecule has 1 heterocycles. The maximum absolute atomic E-state index is 9.28. The molecule has 1 fully saturated rings. The monoisotopic (exact) mass is 167 g/mol. The third kappa shape index (κ3) is 2.11. The molecule has 0 saturated carbocycles. The van der Waals surface area contributed by atoms with Crippen LogP contribution in [0.25, 0.3) is 0 Å². The molecule has 0 unspecified atom stereocenters. The molecule has 0 atom stereocenters. The van der Waals surface area contributed by atoms with E-state index in [9.17, 15) is 5.11 Å². The summed E-state index contributed by atoms with van der Waals surface area (Å²) in [6, 6.07) is 0. The van der Waals surface area contributed by atoms with E-state index in [0.717, 1.165) is 25.9 Å². The van der Waals surface area contributed by atoms with Crippen LogP contribution in [0.1, 0.15) is 19.8 Å². The predicted molar refractivity (Wildman–Crippen MR) is 50.8 cm³/mol. The van der Waals surface area contributed by atoms with Gasteiger partial charge in [0.05, 0.1) is 6.10 Å². The Labute approximate surface area is 74.2 Å². The molecule has 1 aliphatic heterocycles. The fourth-order valence-corrected chi connectivity index (χ4v) is 1.55. The second-order valence-electron chi connectivity index (χ2n) is 3.14. The molecule has 0 aromatic heterocycles. The summed E-state index contributed by atoms with van der Waals surface area (Å²) in [5.41, 5.74) is 1.18. The highest BCUT2D eigenvalue weighted by Gasteiger charge is 2.16. The van der Waals surface area contributed by atoms with Crippen molar-refractivity contribution in [2.75, 3.05) is 13.1 Å². The maximum Gasteiger partial charge on any atom is 0.0574 e. The highest BCUT2D eigenvalue weighted by molar-refractivity contribution is 5.14. The number of piperidine rings is 1. The quantitative estimate of drug-likeness (QED) is 0.630. The van der Waals surface area contributed by atoms with Crippen LogP contribution in [-0.2, 0) is 0 Å². The minimum absolute atomic E-state index is 0.0934. The van der Waals surface area contributed by atoms with Crippen LogP contribution < -0.4 is 0 Å². The third-order valence-corrected chi connectivity index (χ3v) is 2.33. The largest absolute Gasteiger partial charge is 0.393 e. The van der Waals surface area contributed by atoms with Crippen molar-refractivity contribution in [1.82, 2.24) is 4.90 Å². The van der Waals surface area contributed by atoms with Crippen LogP contribution in [0, 0.1) is 0 Å². The zero-order valence-corrected chi connectivity index (χ0v) is 7.66. The summed E-state index contributed by atoms with van der Waals surface area (Å²) >= 11 is 0. The van der Waals surface area contributed by atoms with Gasteiger partial charge >= 0.3 is 0 Å². The van der Waals surface area contributed by atoms with Gasteiger partial charge in [0.15, 0.2) is 0 Å². The minimum atomic E-state index is -0.0934. The van der Waals surface area contributed by atoms with Crippen LogP contribution in [0.4, 0.5) is 0 Å². The van der Waals surface area contributed by atoms with Gasteiger partial charge in [-0.05, 0) is 25.8 Å². The van der Waals surface area contributed by atoms with E-state index in [1.54, 1.807) is 0 Å². The minimum Gasteiger partial charge on any atom is -0.393 e. The van der Waals surface area contributed by atoms with Gasteiger partial charge in [0.25, 0.3) is 0 Å². The average Bonchev–Trinajstić information content (AvgIpc) is 2.10. The van der Waals surface area contributed by atoms with Crippen LogP contribution in [0.2, 0.25) is 0 Å². The Balaban J connectivity index is 2.48. The number of allylic oxidation sites excluding steroid dienone is 2. The zero-order chi connectivity index (χ0) is 8.97. The van der Waals surface area contributed by atoms with E-state index >= 15 is 0 Å². The van der Waals surface area contributed by atoms with Gasteiger partial charge in [-0.25, -0.2) is 0 Å². The average molecular weight is 167 g/mol. The molecule has 68 valence electrons. The first kappa shape index (κ1) is 9.33. The van der Waals surface area contributed by atoms with Gasteiger partial charge in [-0.1, -0.05) is 12.7 Å². The summed E-state index contributed by atoms with van der Waals surface area (Å²) < 4.78 is 0. The lowest BCUT2D eigenvalue weighted by Crippen LogP contribution is -2.34. The fraction of sp³-hybridized carbons (Fsp3) is 0.600. The molecule has 12 heavy (non-hydrogen) atoms. The van der Waals surface area contributed by atoms with Gasteiger partial charge in [0.1, 0.15) is 0 Å². The number of aliphatic hydroxyl groups is 1. The Morgan fingerprint density at radius 3 is 2.50 bits per heavy atom. The second kappa shape index (κ2) is 4.31. The molecule has 0 spiro atoms. The Kier molecular flexibility index (Phi) is 3.35. The Hall–Kier alpha value is -0.760. The lowest BCUT2D eigenvalue weighted by atomic mass is 10.1. The number of hydrogen-bond donors (Lipinski definition) is 1. The first-order chi connectivity index (χ1) is 5.77. The lowest BCUT2D eigenvalue weighted by Gasteiger charge is -2.32. The van der Waals surface area contributed by atoms with Crippen molar-refractivity contribution in [3.05, 3.63) is 24.4 Å². The number of aliphatic hydroxyl groups excluding tert-OH is 1. The van der Waals surface area contributed by atoms with Gasteiger partial charge < -0.3 is 10.0 Å². The first-order valence-electron chi connectivity index (χ1n) is 4.49. The summed E-state index contributed by atoms with van der Waals surface area (Å²) in [7, 11) is 0. The summed E-state index contributed by atoms with van der Waals surface area (Å²) in [4.78, 5) is 2.26. The molecule has 0 amide bonds. The molecule has 1 saturated heterocycles. The van der Waals surface area contributed by atoms with Gasteiger partial charge in [-0.2, -0.15) is 0 Å². The summed E-state index contributed by atoms with van der Waals surface area (Å²) in [5.74, 6) is 0. The van der Waals surface area contributed by atoms with Crippen molar-refractivity contribution >= 4 is 0 Å². The van der Waals surface area contributed by atoms with E-state index < -0.39 is 0 Å². The molecule has 0 aliphatic carbocycles. The van der Waals surface area contributed by atoms with Crippen LogP contribution >= 0.6 is 0 Å². The van der Waals surface area contributed by atoms with E-state index in [1.807, 2.05) is 13.0 Å². The van der Waals surface area contributed by atoms with Crippen LogP contribution in [-0.4, -0.2) is 29.2 Å². The normalized spacial score (nSPS) is 21.2. The Bertz CT molecular complexity index is 178. The summed E-state index contributed by atoms with van der Waals surface area (Å²) in [5, 5.41) is 9.28. The van der Waals surface area contributed by atoms with E-state index in [0.29, 0.717) is 0 Å². The van der Waals surface area contributed by atoms with Crippen LogP contribution in [0.3, 0.4) is 0 Å². The lowest BCUT2D eigenvalue weighted by molar-refractivity contribution is 0.0986. The third-order valence-electron chi connectivity index (χ3n) is 2.33. The van der Waals surface area contributed by atoms with Crippen molar-refractivity contribution < 1.29 is 5.11 Å². The van der Waals surface area contributed by atoms with E-state index in [4.69, 9.17) is 0 Å². The van der Waals surface area contributed by atoms with Crippen molar-refractivity contribution in [2.24, 2.45) is 0 Å².